The van der Waals surface area contributed by atoms with E-state index in [1.54, 1.807) is 48.9 Å². The molecule has 2 N–H and O–H groups in total. The fourth-order valence-corrected chi connectivity index (χ4v) is 2.97. The van der Waals surface area contributed by atoms with Gasteiger partial charge in [0.25, 0.3) is 5.91 Å². The Bertz CT molecular complexity index is 551. The number of carbonyl (C=O) groups is 2. The number of nitrogen functional groups attached to an aromatic ring is 1. The van der Waals surface area contributed by atoms with Gasteiger partial charge in [0.05, 0.1) is 0 Å². The van der Waals surface area contributed by atoms with Crippen LogP contribution in [0.5, 0.6) is 0 Å². The molecular weight excluding hydrogens is 322 g/mol. The molecule has 1 aromatic carbocycles. The Balaban J connectivity index is 2.35. The molecule has 0 bridgehead atoms. The molecule has 0 aromatic heterocycles. The number of amides is 2. The van der Waals surface area contributed by atoms with Crippen molar-refractivity contribution in [1.29, 1.82) is 0 Å². The molecule has 5 nitrogen and oxygen atoms in total. The molecule has 0 aliphatic carbocycles. The number of hydrogen-bond donors (Lipinski definition) is 1. The molecule has 0 atom stereocenters. The van der Waals surface area contributed by atoms with Crippen LogP contribution in [0.1, 0.15) is 24.2 Å². The molecule has 0 saturated carbocycles. The Morgan fingerprint density at radius 3 is 2.55 bits per heavy atom. The molecule has 0 spiro atoms. The lowest BCUT2D eigenvalue weighted by Crippen LogP contribution is -2.63. The summed E-state index contributed by atoms with van der Waals surface area (Å²) in [5.41, 5.74) is 5.92. The number of hydrogen-bond acceptors (Lipinski definition) is 3. The summed E-state index contributed by atoms with van der Waals surface area (Å²) in [5, 5.41) is 0. The number of nitrogens with two attached hydrogens (primary N) is 1. The summed E-state index contributed by atoms with van der Waals surface area (Å²) in [6.45, 7) is 4.59. The lowest BCUT2D eigenvalue weighted by molar-refractivity contribution is -0.144. The highest BCUT2D eigenvalue weighted by Crippen LogP contribution is 2.26. The fraction of sp³-hybridized carbons (Fsp3) is 0.429. The van der Waals surface area contributed by atoms with Gasteiger partial charge in [-0.3, -0.25) is 9.59 Å². The number of likely N-dealkylation sites (N-methyl/N-ethyl adjacent to an activating group) is 1. The second-order valence-corrected chi connectivity index (χ2v) is 6.43. The van der Waals surface area contributed by atoms with Gasteiger partial charge in [-0.2, -0.15) is 0 Å². The lowest BCUT2D eigenvalue weighted by atomic mass is 9.96. The third kappa shape index (κ3) is 2.52. The van der Waals surface area contributed by atoms with Crippen molar-refractivity contribution in [2.24, 2.45) is 0 Å². The van der Waals surface area contributed by atoms with Crippen LogP contribution in [0, 0.1) is 0 Å². The van der Waals surface area contributed by atoms with Crippen molar-refractivity contribution >= 4 is 33.4 Å². The minimum absolute atomic E-state index is 0.0555. The number of carbonyl (C=O) groups excluding carboxylic acids is 2. The summed E-state index contributed by atoms with van der Waals surface area (Å²) >= 11 is 3.33. The second kappa shape index (κ2) is 5.09. The first-order valence-corrected chi connectivity index (χ1v) is 7.16. The summed E-state index contributed by atoms with van der Waals surface area (Å²) in [5.74, 6) is -0.232. The number of rotatable bonds is 1. The molecule has 1 heterocycles. The van der Waals surface area contributed by atoms with Gasteiger partial charge in [-0.05, 0) is 32.0 Å². The van der Waals surface area contributed by atoms with Crippen LogP contribution in [0.3, 0.4) is 0 Å². The van der Waals surface area contributed by atoms with Crippen molar-refractivity contribution in [1.82, 2.24) is 9.80 Å². The van der Waals surface area contributed by atoms with E-state index in [2.05, 4.69) is 15.9 Å². The van der Waals surface area contributed by atoms with Crippen LogP contribution >= 0.6 is 15.9 Å². The zero-order valence-electron chi connectivity index (χ0n) is 11.8. The summed E-state index contributed by atoms with van der Waals surface area (Å²) < 4.78 is 0.749. The van der Waals surface area contributed by atoms with E-state index in [1.165, 1.54) is 0 Å². The smallest absolute Gasteiger partial charge is 0.254 e. The van der Waals surface area contributed by atoms with Gasteiger partial charge in [-0.1, -0.05) is 15.9 Å². The number of piperazine rings is 1. The van der Waals surface area contributed by atoms with E-state index in [4.69, 9.17) is 5.73 Å². The maximum atomic E-state index is 12.7. The maximum absolute atomic E-state index is 12.7. The van der Waals surface area contributed by atoms with Gasteiger partial charge in [-0.25, -0.2) is 0 Å². The maximum Gasteiger partial charge on any atom is 0.254 e. The Morgan fingerprint density at radius 1 is 1.30 bits per heavy atom. The molecule has 6 heteroatoms. The van der Waals surface area contributed by atoms with Crippen LogP contribution in [-0.4, -0.2) is 47.3 Å². The van der Waals surface area contributed by atoms with Gasteiger partial charge in [0.1, 0.15) is 5.54 Å². The van der Waals surface area contributed by atoms with Gasteiger partial charge in [-0.15, -0.1) is 0 Å². The van der Waals surface area contributed by atoms with E-state index in [9.17, 15) is 9.59 Å². The van der Waals surface area contributed by atoms with Crippen LogP contribution in [0.4, 0.5) is 5.69 Å². The van der Waals surface area contributed by atoms with Crippen LogP contribution in [0.15, 0.2) is 22.7 Å². The molecule has 1 aromatic rings. The zero-order chi connectivity index (χ0) is 15.1. The molecule has 2 amide bonds. The van der Waals surface area contributed by atoms with E-state index in [1.807, 2.05) is 0 Å². The van der Waals surface area contributed by atoms with Crippen molar-refractivity contribution in [2.75, 3.05) is 25.9 Å². The molecule has 1 aliphatic heterocycles. The van der Waals surface area contributed by atoms with Crippen LogP contribution in [0.25, 0.3) is 0 Å². The van der Waals surface area contributed by atoms with Crippen molar-refractivity contribution < 1.29 is 9.59 Å². The van der Waals surface area contributed by atoms with Crippen molar-refractivity contribution in [3.8, 4) is 0 Å². The topological polar surface area (TPSA) is 66.6 Å². The summed E-state index contributed by atoms with van der Waals surface area (Å²) in [6, 6.07) is 5.08. The highest BCUT2D eigenvalue weighted by atomic mass is 79.9. The molecule has 1 fully saturated rings. The van der Waals surface area contributed by atoms with E-state index < -0.39 is 5.54 Å². The van der Waals surface area contributed by atoms with E-state index in [0.717, 1.165) is 4.47 Å². The largest absolute Gasteiger partial charge is 0.399 e. The first kappa shape index (κ1) is 14.8. The zero-order valence-corrected chi connectivity index (χ0v) is 13.4. The number of halogens is 1. The van der Waals surface area contributed by atoms with Crippen LogP contribution < -0.4 is 5.73 Å². The van der Waals surface area contributed by atoms with E-state index in [0.29, 0.717) is 24.3 Å². The minimum atomic E-state index is -0.846. The molecule has 20 heavy (non-hydrogen) atoms. The van der Waals surface area contributed by atoms with Gasteiger partial charge in [0.15, 0.2) is 0 Å². The minimum Gasteiger partial charge on any atom is -0.399 e. The first-order valence-electron chi connectivity index (χ1n) is 6.37. The van der Waals surface area contributed by atoms with Gasteiger partial charge < -0.3 is 15.5 Å². The Kier molecular flexibility index (Phi) is 3.77. The van der Waals surface area contributed by atoms with E-state index in [-0.39, 0.29) is 11.8 Å². The predicted molar refractivity (Wildman–Crippen MR) is 81.3 cm³/mol. The average Bonchev–Trinajstić information content (AvgIpc) is 2.34. The Morgan fingerprint density at radius 2 is 1.95 bits per heavy atom. The Labute approximate surface area is 126 Å². The molecule has 0 unspecified atom stereocenters. The third-order valence-electron chi connectivity index (χ3n) is 3.62. The lowest BCUT2D eigenvalue weighted by Gasteiger charge is -2.44. The summed E-state index contributed by atoms with van der Waals surface area (Å²) in [4.78, 5) is 28.1. The second-order valence-electron chi connectivity index (χ2n) is 5.52. The van der Waals surface area contributed by atoms with Crippen molar-refractivity contribution in [2.45, 2.75) is 19.4 Å². The predicted octanol–water partition coefficient (Wildman–Crippen LogP) is 1.72. The molecule has 1 saturated heterocycles. The quantitative estimate of drug-likeness (QED) is 0.792. The number of benzene rings is 1. The molecule has 1 aliphatic rings. The number of nitrogens with zero attached hydrogens (tertiary/aromatic N) is 2. The highest BCUT2D eigenvalue weighted by molar-refractivity contribution is 9.10. The number of anilines is 1. The standard InChI is InChI=1S/C14H18BrN3O2/c1-14(2)13(20)17(3)4-5-18(14)12(19)9-6-10(15)8-11(16)7-9/h6-8H,4-5,16H2,1-3H3. The summed E-state index contributed by atoms with van der Waals surface area (Å²) in [7, 11) is 1.75. The summed E-state index contributed by atoms with van der Waals surface area (Å²) in [6.07, 6.45) is 0. The average molecular weight is 340 g/mol. The first-order chi connectivity index (χ1) is 9.23. The van der Waals surface area contributed by atoms with Crippen molar-refractivity contribution in [3.05, 3.63) is 28.2 Å². The third-order valence-corrected chi connectivity index (χ3v) is 4.07. The molecule has 108 valence electrons. The van der Waals surface area contributed by atoms with E-state index >= 15 is 0 Å². The SMILES string of the molecule is CN1CCN(C(=O)c2cc(N)cc(Br)c2)C(C)(C)C1=O. The van der Waals surface area contributed by atoms with Gasteiger partial charge >= 0.3 is 0 Å². The van der Waals surface area contributed by atoms with Crippen LogP contribution in [-0.2, 0) is 4.79 Å². The molecule has 2 rings (SSSR count). The Hall–Kier alpha value is -1.56. The van der Waals surface area contributed by atoms with Gasteiger partial charge in [0.2, 0.25) is 5.91 Å². The van der Waals surface area contributed by atoms with Crippen LogP contribution in [0.2, 0.25) is 0 Å². The van der Waals surface area contributed by atoms with Gasteiger partial charge in [0, 0.05) is 35.9 Å². The monoisotopic (exact) mass is 339 g/mol. The molecular formula is C14H18BrN3O2. The van der Waals surface area contributed by atoms with Crippen molar-refractivity contribution in [3.63, 3.8) is 0 Å². The normalized spacial score (nSPS) is 18.3. The fourth-order valence-electron chi connectivity index (χ4n) is 2.46. The highest BCUT2D eigenvalue weighted by Gasteiger charge is 2.43. The molecule has 0 radical (unpaired) electrons.